The summed E-state index contributed by atoms with van der Waals surface area (Å²) in [5, 5.41) is 0. The third-order valence-electron chi connectivity index (χ3n) is 3.67. The zero-order chi connectivity index (χ0) is 13.7. The average molecular weight is 326 g/mol. The predicted molar refractivity (Wildman–Crippen MR) is 80.4 cm³/mol. The van der Waals surface area contributed by atoms with E-state index in [1.54, 1.807) is 0 Å². The highest BCUT2D eigenvalue weighted by molar-refractivity contribution is 9.10. The number of nitrogens with zero attached hydrogens (tertiary/aromatic N) is 3. The number of piperidine rings is 1. The van der Waals surface area contributed by atoms with E-state index in [2.05, 4.69) is 37.8 Å². The number of likely N-dealkylation sites (tertiary alicyclic amines) is 1. The van der Waals surface area contributed by atoms with Gasteiger partial charge in [0.15, 0.2) is 0 Å². The lowest BCUT2D eigenvalue weighted by molar-refractivity contribution is -0.109. The number of rotatable bonds is 5. The summed E-state index contributed by atoms with van der Waals surface area (Å²) < 4.78 is 1.06. The van der Waals surface area contributed by atoms with Crippen LogP contribution in [-0.2, 0) is 4.79 Å². The number of carbonyl (C=O) groups excluding carboxylic acids is 1. The van der Waals surface area contributed by atoms with E-state index in [-0.39, 0.29) is 0 Å². The van der Waals surface area contributed by atoms with Crippen LogP contribution >= 0.6 is 15.9 Å². The predicted octanol–water partition coefficient (Wildman–Crippen LogP) is 2.19. The van der Waals surface area contributed by atoms with Gasteiger partial charge < -0.3 is 9.69 Å². The van der Waals surface area contributed by atoms with Crippen LogP contribution in [0, 0.1) is 5.92 Å². The van der Waals surface area contributed by atoms with Crippen molar-refractivity contribution in [3.8, 4) is 0 Å². The summed E-state index contributed by atoms with van der Waals surface area (Å²) in [6.07, 6.45) is 5.14. The molecule has 0 N–H and O–H groups in total. The maximum Gasteiger partial charge on any atom is 0.133 e. The number of pyridine rings is 1. The highest BCUT2D eigenvalue weighted by Gasteiger charge is 2.20. The lowest BCUT2D eigenvalue weighted by atomic mass is 9.96. The van der Waals surface area contributed by atoms with Gasteiger partial charge in [-0.2, -0.15) is 0 Å². The lowest BCUT2D eigenvalue weighted by Gasteiger charge is -2.33. The molecule has 0 saturated carbocycles. The van der Waals surface area contributed by atoms with Crippen LogP contribution in [0.15, 0.2) is 22.8 Å². The number of aromatic nitrogens is 1. The molecule has 0 spiro atoms. The largest absolute Gasteiger partial charge is 0.359 e. The Morgan fingerprint density at radius 2 is 2.26 bits per heavy atom. The third kappa shape index (κ3) is 4.28. The summed E-state index contributed by atoms with van der Waals surface area (Å²) >= 11 is 3.47. The summed E-state index contributed by atoms with van der Waals surface area (Å²) in [6, 6.07) is 3.98. The van der Waals surface area contributed by atoms with Crippen molar-refractivity contribution >= 4 is 28.0 Å². The molecule has 0 atom stereocenters. The molecule has 1 aromatic heterocycles. The number of halogens is 1. The zero-order valence-corrected chi connectivity index (χ0v) is 12.8. The molecule has 1 aliphatic rings. The van der Waals surface area contributed by atoms with Gasteiger partial charge in [0.1, 0.15) is 12.1 Å². The standard InChI is InChI=1S/C14H20BrN3O/c1-17(14-10-13(15)2-5-16-14)11-12-3-6-18(7-4-12)8-9-19/h2,5,9-10,12H,3-4,6-8,11H2,1H3. The molecule has 0 amide bonds. The monoisotopic (exact) mass is 325 g/mol. The molecule has 2 heterocycles. The van der Waals surface area contributed by atoms with Gasteiger partial charge in [-0.05, 0) is 44.0 Å². The summed E-state index contributed by atoms with van der Waals surface area (Å²) in [5.74, 6) is 1.69. The SMILES string of the molecule is CN(CC1CCN(CC=O)CC1)c1cc(Br)ccn1. The number of hydrogen-bond acceptors (Lipinski definition) is 4. The van der Waals surface area contributed by atoms with Crippen LogP contribution in [0.3, 0.4) is 0 Å². The fourth-order valence-corrected chi connectivity index (χ4v) is 2.86. The first-order chi connectivity index (χ1) is 9.19. The van der Waals surface area contributed by atoms with Crippen LogP contribution in [0.25, 0.3) is 0 Å². The van der Waals surface area contributed by atoms with E-state index in [4.69, 9.17) is 0 Å². The number of hydrogen-bond donors (Lipinski definition) is 0. The Hall–Kier alpha value is -0.940. The van der Waals surface area contributed by atoms with Crippen molar-refractivity contribution in [3.05, 3.63) is 22.8 Å². The Labute approximate surface area is 122 Å². The Kier molecular flexibility index (Phi) is 5.34. The molecule has 1 aliphatic heterocycles. The molecule has 5 heteroatoms. The molecule has 19 heavy (non-hydrogen) atoms. The molecular formula is C14H20BrN3O. The molecule has 4 nitrogen and oxygen atoms in total. The van der Waals surface area contributed by atoms with Crippen molar-refractivity contribution in [1.29, 1.82) is 0 Å². The molecular weight excluding hydrogens is 306 g/mol. The van der Waals surface area contributed by atoms with E-state index in [1.807, 2.05) is 18.3 Å². The molecule has 2 rings (SSSR count). The van der Waals surface area contributed by atoms with Crippen molar-refractivity contribution in [2.45, 2.75) is 12.8 Å². The van der Waals surface area contributed by atoms with E-state index in [0.717, 1.165) is 49.1 Å². The van der Waals surface area contributed by atoms with Crippen molar-refractivity contribution in [1.82, 2.24) is 9.88 Å². The number of anilines is 1. The summed E-state index contributed by atoms with van der Waals surface area (Å²) in [7, 11) is 2.09. The van der Waals surface area contributed by atoms with Gasteiger partial charge in [0, 0.05) is 24.3 Å². The molecule has 0 aromatic carbocycles. The molecule has 1 saturated heterocycles. The minimum absolute atomic E-state index is 0.579. The molecule has 0 radical (unpaired) electrons. The summed E-state index contributed by atoms with van der Waals surface area (Å²) in [5.41, 5.74) is 0. The van der Waals surface area contributed by atoms with Crippen LogP contribution < -0.4 is 4.90 Å². The van der Waals surface area contributed by atoms with Crippen LogP contribution in [0.1, 0.15) is 12.8 Å². The van der Waals surface area contributed by atoms with Crippen LogP contribution in [0.4, 0.5) is 5.82 Å². The third-order valence-corrected chi connectivity index (χ3v) is 4.16. The van der Waals surface area contributed by atoms with E-state index in [9.17, 15) is 4.79 Å². The molecule has 0 unspecified atom stereocenters. The Morgan fingerprint density at radius 3 is 2.89 bits per heavy atom. The van der Waals surface area contributed by atoms with Crippen molar-refractivity contribution in [2.24, 2.45) is 5.92 Å². The Bertz CT molecular complexity index is 419. The molecule has 0 bridgehead atoms. The van der Waals surface area contributed by atoms with E-state index in [1.165, 1.54) is 0 Å². The summed E-state index contributed by atoms with van der Waals surface area (Å²) in [6.45, 7) is 3.67. The maximum atomic E-state index is 10.5. The van der Waals surface area contributed by atoms with Gasteiger partial charge in [0.25, 0.3) is 0 Å². The Balaban J connectivity index is 1.83. The van der Waals surface area contributed by atoms with Crippen molar-refractivity contribution in [3.63, 3.8) is 0 Å². The van der Waals surface area contributed by atoms with Gasteiger partial charge in [0.2, 0.25) is 0 Å². The first-order valence-electron chi connectivity index (χ1n) is 6.67. The van der Waals surface area contributed by atoms with Crippen LogP contribution in [0.2, 0.25) is 0 Å². The topological polar surface area (TPSA) is 36.4 Å². The fourth-order valence-electron chi connectivity index (χ4n) is 2.54. The summed E-state index contributed by atoms with van der Waals surface area (Å²) in [4.78, 5) is 19.3. The van der Waals surface area contributed by atoms with Gasteiger partial charge in [-0.15, -0.1) is 0 Å². The van der Waals surface area contributed by atoms with Crippen LogP contribution in [-0.4, -0.2) is 49.4 Å². The van der Waals surface area contributed by atoms with Crippen molar-refractivity contribution < 1.29 is 4.79 Å². The minimum atomic E-state index is 0.579. The van der Waals surface area contributed by atoms with Crippen molar-refractivity contribution in [2.75, 3.05) is 38.1 Å². The molecule has 1 fully saturated rings. The average Bonchev–Trinajstić information content (AvgIpc) is 2.41. The second-order valence-electron chi connectivity index (χ2n) is 5.12. The highest BCUT2D eigenvalue weighted by Crippen LogP contribution is 2.21. The maximum absolute atomic E-state index is 10.5. The highest BCUT2D eigenvalue weighted by atomic mass is 79.9. The number of carbonyl (C=O) groups is 1. The number of aldehydes is 1. The zero-order valence-electron chi connectivity index (χ0n) is 11.3. The van der Waals surface area contributed by atoms with Crippen LogP contribution in [0.5, 0.6) is 0 Å². The van der Waals surface area contributed by atoms with Gasteiger partial charge in [-0.1, -0.05) is 15.9 Å². The van der Waals surface area contributed by atoms with Gasteiger partial charge >= 0.3 is 0 Å². The molecule has 104 valence electrons. The molecule has 0 aliphatic carbocycles. The Morgan fingerprint density at radius 1 is 1.53 bits per heavy atom. The first-order valence-corrected chi connectivity index (χ1v) is 7.47. The normalized spacial score (nSPS) is 17.4. The first kappa shape index (κ1) is 14.5. The van der Waals surface area contributed by atoms with E-state index < -0.39 is 0 Å². The second kappa shape index (κ2) is 7.01. The van der Waals surface area contributed by atoms with E-state index in [0.29, 0.717) is 12.5 Å². The molecule has 1 aromatic rings. The second-order valence-corrected chi connectivity index (χ2v) is 6.04. The van der Waals surface area contributed by atoms with E-state index >= 15 is 0 Å². The quantitative estimate of drug-likeness (QED) is 0.777. The van der Waals surface area contributed by atoms with Gasteiger partial charge in [-0.25, -0.2) is 4.98 Å². The van der Waals surface area contributed by atoms with Gasteiger partial charge in [-0.3, -0.25) is 4.90 Å². The minimum Gasteiger partial charge on any atom is -0.359 e. The lowest BCUT2D eigenvalue weighted by Crippen LogP contribution is -2.38. The van der Waals surface area contributed by atoms with Gasteiger partial charge in [0.05, 0.1) is 6.54 Å². The smallest absolute Gasteiger partial charge is 0.133 e. The fraction of sp³-hybridized carbons (Fsp3) is 0.571.